The average Bonchev–Trinajstić information content (AvgIpc) is 3.01. The van der Waals surface area contributed by atoms with E-state index in [0.717, 1.165) is 21.2 Å². The molecule has 0 radical (unpaired) electrons. The Balaban J connectivity index is 1.36. The van der Waals surface area contributed by atoms with Gasteiger partial charge in [-0.2, -0.15) is 0 Å². The van der Waals surface area contributed by atoms with Crippen LogP contribution in [0.5, 0.6) is 0 Å². The average molecular weight is 670 g/mol. The number of hydrogen-bond acceptors (Lipinski definition) is 4. The molecule has 0 saturated carbocycles. The number of fused-ring (bicyclic) bond motifs is 1. The molecule has 0 heterocycles. The van der Waals surface area contributed by atoms with Gasteiger partial charge in [0, 0.05) is 16.3 Å². The van der Waals surface area contributed by atoms with Gasteiger partial charge < -0.3 is 15.7 Å². The van der Waals surface area contributed by atoms with E-state index >= 15 is 0 Å². The summed E-state index contributed by atoms with van der Waals surface area (Å²) in [5.41, 5.74) is 0.872. The van der Waals surface area contributed by atoms with E-state index in [1.54, 1.807) is 24.3 Å². The molecule has 0 spiro atoms. The quantitative estimate of drug-likeness (QED) is 0.0868. The van der Waals surface area contributed by atoms with Crippen LogP contribution in [0.3, 0.4) is 0 Å². The number of carboxylic acids is 1. The van der Waals surface area contributed by atoms with Crippen LogP contribution in [0.2, 0.25) is 20.1 Å². The second-order valence-corrected chi connectivity index (χ2v) is 11.9. The number of carboxylic acid groups (broad SMARTS) is 1. The number of benzene rings is 5. The van der Waals surface area contributed by atoms with Gasteiger partial charge in [0.1, 0.15) is 5.25 Å². The Kier molecular flexibility index (Phi) is 9.49. The van der Waals surface area contributed by atoms with Gasteiger partial charge in [-0.25, -0.2) is 4.79 Å². The van der Waals surface area contributed by atoms with Crippen LogP contribution in [-0.2, 0) is 4.79 Å². The van der Waals surface area contributed by atoms with Crippen molar-refractivity contribution in [2.75, 3.05) is 10.6 Å². The van der Waals surface area contributed by atoms with Gasteiger partial charge in [-0.15, -0.1) is 11.8 Å². The fourth-order valence-electron chi connectivity index (χ4n) is 4.37. The number of carbonyl (C=O) groups is 3. The number of aromatic carboxylic acids is 1. The van der Waals surface area contributed by atoms with Crippen LogP contribution in [-0.4, -0.2) is 22.9 Å². The Labute approximate surface area is 270 Å². The number of amides is 2. The van der Waals surface area contributed by atoms with Gasteiger partial charge in [-0.3, -0.25) is 9.59 Å². The first-order valence-corrected chi connectivity index (χ1v) is 15.0. The number of thioether (sulfide) groups is 1. The Morgan fingerprint density at radius 1 is 0.628 bits per heavy atom. The van der Waals surface area contributed by atoms with Crippen molar-refractivity contribution < 1.29 is 19.5 Å². The van der Waals surface area contributed by atoms with Gasteiger partial charge in [0.2, 0.25) is 5.91 Å². The number of anilines is 2. The lowest BCUT2D eigenvalue weighted by atomic mass is 10.1. The van der Waals surface area contributed by atoms with Crippen molar-refractivity contribution in [1.29, 1.82) is 0 Å². The summed E-state index contributed by atoms with van der Waals surface area (Å²) in [6.07, 6.45) is 0. The number of hydrogen-bond donors (Lipinski definition) is 3. The molecule has 0 fully saturated rings. The minimum absolute atomic E-state index is 0.198. The molecule has 5 aromatic rings. The van der Waals surface area contributed by atoms with Crippen molar-refractivity contribution in [2.45, 2.75) is 10.1 Å². The van der Waals surface area contributed by atoms with Crippen molar-refractivity contribution in [3.63, 3.8) is 0 Å². The van der Waals surface area contributed by atoms with E-state index in [9.17, 15) is 19.5 Å². The third-order valence-corrected chi connectivity index (χ3v) is 9.50. The van der Waals surface area contributed by atoms with Gasteiger partial charge in [0.15, 0.2) is 0 Å². The fourth-order valence-corrected chi connectivity index (χ4v) is 6.41. The van der Waals surface area contributed by atoms with Crippen molar-refractivity contribution in [1.82, 2.24) is 0 Å². The summed E-state index contributed by atoms with van der Waals surface area (Å²) < 4.78 is 0. The predicted molar refractivity (Wildman–Crippen MR) is 175 cm³/mol. The molecule has 0 saturated heterocycles. The van der Waals surface area contributed by atoms with Crippen molar-refractivity contribution >= 4 is 98.1 Å². The lowest BCUT2D eigenvalue weighted by Gasteiger charge is -2.18. The molecule has 43 heavy (non-hydrogen) atoms. The van der Waals surface area contributed by atoms with E-state index in [1.165, 1.54) is 11.8 Å². The molecule has 1 atom stereocenters. The number of nitrogens with one attached hydrogen (secondary N) is 2. The molecular formula is C32H20Cl4N2O4S. The SMILES string of the molecule is O=C(O)c1c(Cl)c(Cl)c(Cl)c(Cl)c1C(=O)Nc1ccc(SC(C(=O)Nc2ccc3ccccc3c2)c2ccccc2)cc1. The first kappa shape index (κ1) is 30.7. The highest BCUT2D eigenvalue weighted by atomic mass is 35.5. The van der Waals surface area contributed by atoms with Crippen LogP contribution in [0.4, 0.5) is 11.4 Å². The molecule has 0 aliphatic heterocycles. The Morgan fingerprint density at radius 2 is 1.21 bits per heavy atom. The molecule has 0 aromatic heterocycles. The lowest BCUT2D eigenvalue weighted by molar-refractivity contribution is -0.115. The number of rotatable bonds is 8. The summed E-state index contributed by atoms with van der Waals surface area (Å²) in [6, 6.07) is 29.8. The van der Waals surface area contributed by atoms with Gasteiger partial charge in [-0.1, -0.05) is 107 Å². The normalized spacial score (nSPS) is 11.6. The molecule has 0 aliphatic rings. The smallest absolute Gasteiger partial charge is 0.338 e. The molecule has 0 bridgehead atoms. The van der Waals surface area contributed by atoms with Gasteiger partial charge in [-0.05, 0) is 52.7 Å². The zero-order valence-corrected chi connectivity index (χ0v) is 25.7. The first-order chi connectivity index (χ1) is 20.6. The second-order valence-electron chi connectivity index (χ2n) is 9.25. The fraction of sp³-hybridized carbons (Fsp3) is 0.0312. The third-order valence-electron chi connectivity index (χ3n) is 6.43. The minimum atomic E-state index is -1.49. The summed E-state index contributed by atoms with van der Waals surface area (Å²) in [7, 11) is 0. The summed E-state index contributed by atoms with van der Waals surface area (Å²) in [5.74, 6) is -2.52. The lowest BCUT2D eigenvalue weighted by Crippen LogP contribution is -2.19. The molecule has 2 amide bonds. The molecule has 11 heteroatoms. The minimum Gasteiger partial charge on any atom is -0.478 e. The van der Waals surface area contributed by atoms with E-state index in [4.69, 9.17) is 46.4 Å². The predicted octanol–water partition coefficient (Wildman–Crippen LogP) is 9.88. The van der Waals surface area contributed by atoms with Crippen LogP contribution in [0.1, 0.15) is 31.5 Å². The van der Waals surface area contributed by atoms with Crippen molar-refractivity contribution in [3.8, 4) is 0 Å². The molecule has 5 aromatic carbocycles. The zero-order valence-electron chi connectivity index (χ0n) is 21.9. The monoisotopic (exact) mass is 668 g/mol. The largest absolute Gasteiger partial charge is 0.478 e. The molecule has 6 nitrogen and oxygen atoms in total. The summed E-state index contributed by atoms with van der Waals surface area (Å²) in [5, 5.41) is 15.6. The van der Waals surface area contributed by atoms with Gasteiger partial charge in [0.05, 0.1) is 31.2 Å². The highest BCUT2D eigenvalue weighted by Crippen LogP contribution is 2.42. The topological polar surface area (TPSA) is 95.5 Å². The van der Waals surface area contributed by atoms with Crippen LogP contribution in [0.25, 0.3) is 10.8 Å². The first-order valence-electron chi connectivity index (χ1n) is 12.7. The highest BCUT2D eigenvalue weighted by Gasteiger charge is 2.29. The van der Waals surface area contributed by atoms with Gasteiger partial charge >= 0.3 is 5.97 Å². The van der Waals surface area contributed by atoms with E-state index in [1.807, 2.05) is 72.8 Å². The molecule has 1 unspecified atom stereocenters. The maximum atomic E-state index is 13.5. The number of carbonyl (C=O) groups excluding carboxylic acids is 2. The molecule has 5 rings (SSSR count). The van der Waals surface area contributed by atoms with Gasteiger partial charge in [0.25, 0.3) is 5.91 Å². The molecular weight excluding hydrogens is 650 g/mol. The third kappa shape index (κ3) is 6.77. The van der Waals surface area contributed by atoms with E-state index in [2.05, 4.69) is 10.6 Å². The molecule has 3 N–H and O–H groups in total. The van der Waals surface area contributed by atoms with Crippen LogP contribution >= 0.6 is 58.2 Å². The van der Waals surface area contributed by atoms with Crippen LogP contribution in [0.15, 0.2) is 102 Å². The van der Waals surface area contributed by atoms with Crippen molar-refractivity contribution in [3.05, 3.63) is 134 Å². The Hall–Kier alpha value is -3.72. The second kappa shape index (κ2) is 13.3. The van der Waals surface area contributed by atoms with E-state index < -0.39 is 33.3 Å². The van der Waals surface area contributed by atoms with Crippen LogP contribution in [0, 0.1) is 0 Å². The van der Waals surface area contributed by atoms with E-state index in [0.29, 0.717) is 11.4 Å². The maximum absolute atomic E-state index is 13.5. The molecule has 216 valence electrons. The van der Waals surface area contributed by atoms with Crippen LogP contribution < -0.4 is 10.6 Å². The maximum Gasteiger partial charge on any atom is 0.338 e. The highest BCUT2D eigenvalue weighted by molar-refractivity contribution is 8.00. The van der Waals surface area contributed by atoms with Crippen molar-refractivity contribution in [2.24, 2.45) is 0 Å². The summed E-state index contributed by atoms with van der Waals surface area (Å²) in [6.45, 7) is 0. The Morgan fingerprint density at radius 3 is 1.86 bits per heavy atom. The summed E-state index contributed by atoms with van der Waals surface area (Å²) >= 11 is 25.7. The Bertz CT molecular complexity index is 1870. The summed E-state index contributed by atoms with van der Waals surface area (Å²) in [4.78, 5) is 39.2. The zero-order chi connectivity index (χ0) is 30.7. The standard InChI is InChI=1S/C32H20Cl4N2O4S/c33-25-23(24(32(41)42)26(34)28(36)27(25)35)30(39)37-20-12-14-22(15-13-20)43-29(18-7-2-1-3-8-18)31(40)38-21-11-10-17-6-4-5-9-19(17)16-21/h1-16,29H,(H,37,39)(H,38,40)(H,41,42). The number of halogens is 4. The van der Waals surface area contributed by atoms with E-state index in [-0.39, 0.29) is 21.0 Å². The molecule has 0 aliphatic carbocycles.